The molecule has 0 bridgehead atoms. The number of likely N-dealkylation sites (tertiary alicyclic amines) is 1. The number of nitrogens with one attached hydrogen (secondary N) is 1. The van der Waals surface area contributed by atoms with Gasteiger partial charge in [0, 0.05) is 13.1 Å². The zero-order valence-corrected chi connectivity index (χ0v) is 18.1. The van der Waals surface area contributed by atoms with Crippen molar-refractivity contribution in [3.8, 4) is 0 Å². The van der Waals surface area contributed by atoms with E-state index in [1.54, 1.807) is 35.2 Å². The average Bonchev–Trinajstić information content (AvgIpc) is 2.77. The van der Waals surface area contributed by atoms with Crippen LogP contribution in [0.3, 0.4) is 0 Å². The van der Waals surface area contributed by atoms with E-state index in [2.05, 4.69) is 4.98 Å². The van der Waals surface area contributed by atoms with Crippen LogP contribution in [0.2, 0.25) is 0 Å². The summed E-state index contributed by atoms with van der Waals surface area (Å²) < 4.78 is 21.8. The molecule has 1 N–H and O–H groups in total. The Morgan fingerprint density at radius 3 is 2.59 bits per heavy atom. The maximum Gasteiger partial charge on any atom is 0.329 e. The van der Waals surface area contributed by atoms with Gasteiger partial charge >= 0.3 is 5.69 Å². The number of aromatic amines is 1. The summed E-state index contributed by atoms with van der Waals surface area (Å²) in [5, 5.41) is 0.386. The number of ether oxygens (including phenoxy) is 1. The summed E-state index contributed by atoms with van der Waals surface area (Å²) >= 11 is 0. The zero-order chi connectivity index (χ0) is 22.8. The van der Waals surface area contributed by atoms with Gasteiger partial charge in [0.1, 0.15) is 5.82 Å². The van der Waals surface area contributed by atoms with Crippen molar-refractivity contribution in [3.05, 3.63) is 80.2 Å². The van der Waals surface area contributed by atoms with Gasteiger partial charge in [-0.2, -0.15) is 0 Å². The van der Waals surface area contributed by atoms with Crippen LogP contribution in [0, 0.1) is 5.82 Å². The molecule has 3 aromatic rings. The quantitative estimate of drug-likeness (QED) is 0.663. The molecular weight excluding hydrogens is 413 g/mol. The number of halogens is 1. The highest BCUT2D eigenvalue weighted by Gasteiger charge is 2.26. The molecule has 1 aliphatic rings. The number of carbonyl (C=O) groups is 1. The minimum absolute atomic E-state index is 0.0208. The van der Waals surface area contributed by atoms with Crippen molar-refractivity contribution in [3.63, 3.8) is 0 Å². The van der Waals surface area contributed by atoms with Crippen LogP contribution in [0.4, 0.5) is 4.39 Å². The lowest BCUT2D eigenvalue weighted by molar-refractivity contribution is -0.0236. The first kappa shape index (κ1) is 22.0. The van der Waals surface area contributed by atoms with Crippen LogP contribution in [0.15, 0.2) is 52.1 Å². The van der Waals surface area contributed by atoms with E-state index in [-0.39, 0.29) is 30.2 Å². The number of hydrogen-bond acceptors (Lipinski definition) is 4. The minimum atomic E-state index is -0.599. The number of benzene rings is 2. The number of carbonyl (C=O) groups excluding carboxylic acids is 1. The fourth-order valence-corrected chi connectivity index (χ4v) is 4.17. The van der Waals surface area contributed by atoms with Crippen LogP contribution in [-0.4, -0.2) is 45.7 Å². The van der Waals surface area contributed by atoms with E-state index in [1.807, 2.05) is 13.8 Å². The van der Waals surface area contributed by atoms with Crippen LogP contribution in [0.25, 0.3) is 10.9 Å². The van der Waals surface area contributed by atoms with Crippen molar-refractivity contribution in [1.82, 2.24) is 14.5 Å². The van der Waals surface area contributed by atoms with Gasteiger partial charge in [0.15, 0.2) is 0 Å². The maximum absolute atomic E-state index is 14.6. The Hall–Kier alpha value is -3.26. The lowest BCUT2D eigenvalue weighted by Crippen LogP contribution is -2.41. The predicted molar refractivity (Wildman–Crippen MR) is 119 cm³/mol. The first-order valence-corrected chi connectivity index (χ1v) is 10.8. The highest BCUT2D eigenvalue weighted by Crippen LogP contribution is 2.20. The maximum atomic E-state index is 14.6. The molecule has 0 radical (unpaired) electrons. The lowest BCUT2D eigenvalue weighted by atomic mass is 10.0. The molecule has 0 saturated carbocycles. The van der Waals surface area contributed by atoms with Gasteiger partial charge in [-0.15, -0.1) is 0 Å². The summed E-state index contributed by atoms with van der Waals surface area (Å²) in [6.45, 7) is 5.07. The SMILES string of the molecule is CC(C)OC1CCN(C(=O)c2cc(Cn3c(=O)[nH]c(=O)c4ccccc43)ccc2F)CC1. The second kappa shape index (κ2) is 9.08. The van der Waals surface area contributed by atoms with Crippen molar-refractivity contribution < 1.29 is 13.9 Å². The number of amides is 1. The third-order valence-electron chi connectivity index (χ3n) is 5.70. The van der Waals surface area contributed by atoms with Gasteiger partial charge < -0.3 is 9.64 Å². The first-order chi connectivity index (χ1) is 15.3. The van der Waals surface area contributed by atoms with Gasteiger partial charge in [-0.05, 0) is 56.5 Å². The predicted octanol–water partition coefficient (Wildman–Crippen LogP) is 2.91. The number of piperidine rings is 1. The molecule has 1 aromatic heterocycles. The number of rotatable bonds is 5. The molecule has 0 atom stereocenters. The Kier molecular flexibility index (Phi) is 6.23. The highest BCUT2D eigenvalue weighted by atomic mass is 19.1. The van der Waals surface area contributed by atoms with E-state index in [1.165, 1.54) is 16.7 Å². The molecule has 2 heterocycles. The Labute approximate surface area is 184 Å². The van der Waals surface area contributed by atoms with E-state index in [0.29, 0.717) is 42.4 Å². The molecule has 1 amide bonds. The molecule has 0 aliphatic carbocycles. The van der Waals surface area contributed by atoms with E-state index in [9.17, 15) is 18.8 Å². The van der Waals surface area contributed by atoms with E-state index in [4.69, 9.17) is 4.74 Å². The summed E-state index contributed by atoms with van der Waals surface area (Å²) in [5.74, 6) is -0.969. The Morgan fingerprint density at radius 1 is 1.16 bits per heavy atom. The van der Waals surface area contributed by atoms with Gasteiger partial charge in [0.25, 0.3) is 11.5 Å². The fourth-order valence-electron chi connectivity index (χ4n) is 4.17. The third-order valence-corrected chi connectivity index (χ3v) is 5.70. The highest BCUT2D eigenvalue weighted by molar-refractivity contribution is 5.94. The third kappa shape index (κ3) is 4.50. The second-order valence-electron chi connectivity index (χ2n) is 8.35. The Morgan fingerprint density at radius 2 is 1.88 bits per heavy atom. The molecule has 4 rings (SSSR count). The van der Waals surface area contributed by atoms with Crippen molar-refractivity contribution in [1.29, 1.82) is 0 Å². The Bertz CT molecular complexity index is 1260. The van der Waals surface area contributed by atoms with Crippen molar-refractivity contribution >= 4 is 16.8 Å². The number of H-pyrrole nitrogens is 1. The van der Waals surface area contributed by atoms with E-state index in [0.717, 1.165) is 0 Å². The molecule has 2 aromatic carbocycles. The fraction of sp³-hybridized carbons (Fsp3) is 0.375. The standard InChI is InChI=1S/C24H26FN3O4/c1-15(2)32-17-9-11-27(12-10-17)23(30)19-13-16(7-8-20(19)25)14-28-21-6-4-3-5-18(21)22(29)26-24(28)31/h3-8,13,15,17H,9-12,14H2,1-2H3,(H,26,29,31). The van der Waals surface area contributed by atoms with Gasteiger partial charge in [-0.3, -0.25) is 19.1 Å². The van der Waals surface area contributed by atoms with Crippen LogP contribution in [0.5, 0.6) is 0 Å². The first-order valence-electron chi connectivity index (χ1n) is 10.8. The summed E-state index contributed by atoms with van der Waals surface area (Å²) in [6, 6.07) is 11.1. The topological polar surface area (TPSA) is 84.4 Å². The number of hydrogen-bond donors (Lipinski definition) is 1. The van der Waals surface area contributed by atoms with E-state index < -0.39 is 17.1 Å². The molecule has 7 nitrogen and oxygen atoms in total. The monoisotopic (exact) mass is 439 g/mol. The molecular formula is C24H26FN3O4. The van der Waals surface area contributed by atoms with Crippen LogP contribution < -0.4 is 11.2 Å². The molecule has 32 heavy (non-hydrogen) atoms. The number of para-hydroxylation sites is 1. The molecule has 168 valence electrons. The van der Waals surface area contributed by atoms with Gasteiger partial charge in [0.05, 0.1) is 35.2 Å². The Balaban J connectivity index is 1.58. The van der Waals surface area contributed by atoms with Crippen molar-refractivity contribution in [2.45, 2.75) is 45.4 Å². The summed E-state index contributed by atoms with van der Waals surface area (Å²) in [7, 11) is 0. The zero-order valence-electron chi connectivity index (χ0n) is 18.1. The smallest absolute Gasteiger partial charge is 0.329 e. The lowest BCUT2D eigenvalue weighted by Gasteiger charge is -2.33. The molecule has 1 saturated heterocycles. The molecule has 1 aliphatic heterocycles. The largest absolute Gasteiger partial charge is 0.375 e. The van der Waals surface area contributed by atoms with Crippen molar-refractivity contribution in [2.75, 3.05) is 13.1 Å². The molecule has 0 spiro atoms. The summed E-state index contributed by atoms with van der Waals surface area (Å²) in [6.07, 6.45) is 1.66. The molecule has 8 heteroatoms. The van der Waals surface area contributed by atoms with Gasteiger partial charge in [-0.1, -0.05) is 18.2 Å². The number of nitrogens with zero attached hydrogens (tertiary/aromatic N) is 2. The number of aromatic nitrogens is 2. The minimum Gasteiger partial charge on any atom is -0.375 e. The van der Waals surface area contributed by atoms with Gasteiger partial charge in [-0.25, -0.2) is 9.18 Å². The molecule has 1 fully saturated rings. The van der Waals surface area contributed by atoms with E-state index >= 15 is 0 Å². The van der Waals surface area contributed by atoms with Crippen molar-refractivity contribution in [2.24, 2.45) is 0 Å². The average molecular weight is 439 g/mol. The summed E-state index contributed by atoms with van der Waals surface area (Å²) in [5.41, 5.74) is 0.0325. The second-order valence-corrected chi connectivity index (χ2v) is 8.35. The molecule has 0 unspecified atom stereocenters. The van der Waals surface area contributed by atoms with Gasteiger partial charge in [0.2, 0.25) is 0 Å². The normalized spacial score (nSPS) is 14.9. The van der Waals surface area contributed by atoms with Crippen LogP contribution in [-0.2, 0) is 11.3 Å². The van der Waals surface area contributed by atoms with Crippen LogP contribution in [0.1, 0.15) is 42.6 Å². The number of fused-ring (bicyclic) bond motifs is 1. The summed E-state index contributed by atoms with van der Waals surface area (Å²) in [4.78, 5) is 41.5. The van der Waals surface area contributed by atoms with Crippen LogP contribution >= 0.6 is 0 Å².